The van der Waals surface area contributed by atoms with Gasteiger partial charge in [-0.05, 0) is 23.8 Å². The number of hydrogen-bond acceptors (Lipinski definition) is 3. The summed E-state index contributed by atoms with van der Waals surface area (Å²) in [6, 6.07) is 23.3. The monoisotopic (exact) mass is 326 g/mol. The van der Waals surface area contributed by atoms with Crippen molar-refractivity contribution in [2.45, 2.75) is 6.92 Å². The highest BCUT2D eigenvalue weighted by atomic mass is 32.1. The Kier molecular flexibility index (Phi) is 2.91. The smallest absolute Gasteiger partial charge is 0.126 e. The molecule has 0 bridgehead atoms. The van der Waals surface area contributed by atoms with Gasteiger partial charge < -0.3 is 0 Å². The highest BCUT2D eigenvalue weighted by Gasteiger charge is 2.15. The zero-order valence-electron chi connectivity index (χ0n) is 13.2. The molecule has 0 aliphatic rings. The van der Waals surface area contributed by atoms with E-state index in [1.165, 1.54) is 26.4 Å². The van der Waals surface area contributed by atoms with Crippen LogP contribution in [0.2, 0.25) is 0 Å². The van der Waals surface area contributed by atoms with Gasteiger partial charge in [-0.25, -0.2) is 9.97 Å². The summed E-state index contributed by atoms with van der Waals surface area (Å²) in [4.78, 5) is 9.55. The van der Waals surface area contributed by atoms with Gasteiger partial charge in [0, 0.05) is 15.6 Å². The third-order valence-electron chi connectivity index (χ3n) is 4.38. The largest absolute Gasteiger partial charge is 0.232 e. The molecular formula is C21H14N2S. The van der Waals surface area contributed by atoms with Crippen molar-refractivity contribution in [3.8, 4) is 11.3 Å². The Labute approximate surface area is 143 Å². The second kappa shape index (κ2) is 5.11. The first-order chi connectivity index (χ1) is 11.8. The van der Waals surface area contributed by atoms with Gasteiger partial charge >= 0.3 is 0 Å². The lowest BCUT2D eigenvalue weighted by Crippen LogP contribution is -1.92. The number of aryl methyl sites for hydroxylation is 1. The second-order valence-electron chi connectivity index (χ2n) is 5.92. The average Bonchev–Trinajstić information content (AvgIpc) is 2.99. The summed E-state index contributed by atoms with van der Waals surface area (Å²) in [6.45, 7) is 1.97. The van der Waals surface area contributed by atoms with E-state index in [1.807, 2.05) is 6.92 Å². The molecule has 24 heavy (non-hydrogen) atoms. The van der Waals surface area contributed by atoms with E-state index < -0.39 is 0 Å². The standard InChI is InChI=1S/C21H14N2S/c1-13-22-19(16-11-6-8-14-7-2-3-9-15(14)16)21-20(23-13)17-10-4-5-12-18(17)24-21/h2-12H,1H3. The van der Waals surface area contributed by atoms with Crippen molar-refractivity contribution in [2.24, 2.45) is 0 Å². The van der Waals surface area contributed by atoms with Gasteiger partial charge in [0.25, 0.3) is 0 Å². The van der Waals surface area contributed by atoms with Crippen LogP contribution in [0, 0.1) is 6.92 Å². The van der Waals surface area contributed by atoms with Crippen LogP contribution in [0.5, 0.6) is 0 Å². The van der Waals surface area contributed by atoms with Crippen LogP contribution in [0.25, 0.3) is 42.3 Å². The van der Waals surface area contributed by atoms with Gasteiger partial charge in [0.05, 0.1) is 15.9 Å². The average molecular weight is 326 g/mol. The Morgan fingerprint density at radius 1 is 0.750 bits per heavy atom. The van der Waals surface area contributed by atoms with E-state index in [1.54, 1.807) is 11.3 Å². The van der Waals surface area contributed by atoms with Crippen LogP contribution in [-0.4, -0.2) is 9.97 Å². The molecule has 0 aliphatic heterocycles. The Balaban J connectivity index is 1.95. The lowest BCUT2D eigenvalue weighted by Gasteiger charge is -2.08. The van der Waals surface area contributed by atoms with Gasteiger partial charge in [0.15, 0.2) is 0 Å². The van der Waals surface area contributed by atoms with Crippen molar-refractivity contribution in [2.75, 3.05) is 0 Å². The number of nitrogens with zero attached hydrogens (tertiary/aromatic N) is 2. The molecule has 2 heterocycles. The summed E-state index contributed by atoms with van der Waals surface area (Å²) < 4.78 is 2.42. The predicted octanol–water partition coefficient (Wildman–Crippen LogP) is 5.97. The molecule has 0 saturated heterocycles. The van der Waals surface area contributed by atoms with Gasteiger partial charge in [0.2, 0.25) is 0 Å². The van der Waals surface area contributed by atoms with Crippen LogP contribution in [0.1, 0.15) is 5.82 Å². The molecule has 0 amide bonds. The van der Waals surface area contributed by atoms with Gasteiger partial charge in [-0.15, -0.1) is 11.3 Å². The molecule has 0 unspecified atom stereocenters. The number of hydrogen-bond donors (Lipinski definition) is 0. The maximum absolute atomic E-state index is 4.82. The maximum Gasteiger partial charge on any atom is 0.126 e. The normalized spacial score (nSPS) is 11.5. The van der Waals surface area contributed by atoms with E-state index in [-0.39, 0.29) is 0 Å². The van der Waals surface area contributed by atoms with Gasteiger partial charge in [-0.1, -0.05) is 60.7 Å². The molecule has 0 radical (unpaired) electrons. The molecule has 114 valence electrons. The fraction of sp³-hybridized carbons (Fsp3) is 0.0476. The molecular weight excluding hydrogens is 312 g/mol. The van der Waals surface area contributed by atoms with E-state index in [4.69, 9.17) is 9.97 Å². The zero-order valence-corrected chi connectivity index (χ0v) is 14.0. The van der Waals surface area contributed by atoms with Crippen LogP contribution < -0.4 is 0 Å². The first-order valence-electron chi connectivity index (χ1n) is 7.95. The van der Waals surface area contributed by atoms with E-state index >= 15 is 0 Å². The highest BCUT2D eigenvalue weighted by molar-refractivity contribution is 7.26. The van der Waals surface area contributed by atoms with Crippen LogP contribution in [0.4, 0.5) is 0 Å². The minimum Gasteiger partial charge on any atom is -0.232 e. The van der Waals surface area contributed by atoms with E-state index in [9.17, 15) is 0 Å². The molecule has 0 spiro atoms. The van der Waals surface area contributed by atoms with Crippen molar-refractivity contribution in [3.05, 3.63) is 72.6 Å². The summed E-state index contributed by atoms with van der Waals surface area (Å²) >= 11 is 1.78. The molecule has 2 nitrogen and oxygen atoms in total. The first-order valence-corrected chi connectivity index (χ1v) is 8.77. The van der Waals surface area contributed by atoms with E-state index in [0.29, 0.717) is 0 Å². The van der Waals surface area contributed by atoms with Gasteiger partial charge in [-0.2, -0.15) is 0 Å². The number of benzene rings is 3. The molecule has 5 rings (SSSR count). The minimum atomic E-state index is 0.814. The van der Waals surface area contributed by atoms with Crippen LogP contribution in [0.3, 0.4) is 0 Å². The molecule has 5 aromatic rings. The fourth-order valence-corrected chi connectivity index (χ4v) is 4.46. The summed E-state index contributed by atoms with van der Waals surface area (Å²) in [6.07, 6.45) is 0. The summed E-state index contributed by atoms with van der Waals surface area (Å²) in [5.41, 5.74) is 3.27. The van der Waals surface area contributed by atoms with Crippen molar-refractivity contribution in [3.63, 3.8) is 0 Å². The minimum absolute atomic E-state index is 0.814. The second-order valence-corrected chi connectivity index (χ2v) is 6.97. The first kappa shape index (κ1) is 13.6. The zero-order chi connectivity index (χ0) is 16.1. The van der Waals surface area contributed by atoms with Crippen LogP contribution in [0.15, 0.2) is 66.7 Å². The van der Waals surface area contributed by atoms with Crippen LogP contribution >= 0.6 is 11.3 Å². The molecule has 0 aliphatic carbocycles. The number of thiophene rings is 1. The topological polar surface area (TPSA) is 25.8 Å². The van der Waals surface area contributed by atoms with Crippen molar-refractivity contribution >= 4 is 42.4 Å². The lowest BCUT2D eigenvalue weighted by atomic mass is 10.0. The summed E-state index contributed by atoms with van der Waals surface area (Å²) in [5.74, 6) is 0.814. The molecule has 0 fully saturated rings. The Morgan fingerprint density at radius 3 is 2.42 bits per heavy atom. The summed E-state index contributed by atoms with van der Waals surface area (Å²) in [5, 5.41) is 3.68. The van der Waals surface area contributed by atoms with E-state index in [2.05, 4.69) is 66.7 Å². The number of rotatable bonds is 1. The Hall–Kier alpha value is -2.78. The number of fused-ring (bicyclic) bond motifs is 4. The van der Waals surface area contributed by atoms with Crippen LogP contribution in [-0.2, 0) is 0 Å². The molecule has 0 N–H and O–H groups in total. The SMILES string of the molecule is Cc1nc(-c2cccc3ccccc23)c2sc3ccccc3c2n1. The van der Waals surface area contributed by atoms with Crippen molar-refractivity contribution < 1.29 is 0 Å². The molecule has 0 atom stereocenters. The van der Waals surface area contributed by atoms with Gasteiger partial charge in [0.1, 0.15) is 5.82 Å². The van der Waals surface area contributed by atoms with E-state index in [0.717, 1.165) is 21.7 Å². The quantitative estimate of drug-likeness (QED) is 0.379. The highest BCUT2D eigenvalue weighted by Crippen LogP contribution is 2.39. The van der Waals surface area contributed by atoms with Crippen molar-refractivity contribution in [1.29, 1.82) is 0 Å². The molecule has 3 aromatic carbocycles. The summed E-state index contributed by atoms with van der Waals surface area (Å²) in [7, 11) is 0. The van der Waals surface area contributed by atoms with Gasteiger partial charge in [-0.3, -0.25) is 0 Å². The molecule has 2 aromatic heterocycles. The Bertz CT molecular complexity index is 1220. The third kappa shape index (κ3) is 1.95. The van der Waals surface area contributed by atoms with Crippen molar-refractivity contribution in [1.82, 2.24) is 9.97 Å². The molecule has 3 heteroatoms. The maximum atomic E-state index is 4.82. The molecule has 0 saturated carbocycles. The lowest BCUT2D eigenvalue weighted by molar-refractivity contribution is 1.10. The predicted molar refractivity (Wildman–Crippen MR) is 103 cm³/mol. The number of aromatic nitrogens is 2. The third-order valence-corrected chi connectivity index (χ3v) is 5.54. The fourth-order valence-electron chi connectivity index (χ4n) is 3.32. The Morgan fingerprint density at radius 2 is 1.50 bits per heavy atom.